The number of benzene rings is 2. The summed E-state index contributed by atoms with van der Waals surface area (Å²) in [5.74, 6) is -0.837. The lowest BCUT2D eigenvalue weighted by molar-refractivity contribution is -0.146. The van der Waals surface area contributed by atoms with Crippen molar-refractivity contribution in [3.8, 4) is 0 Å². The Kier molecular flexibility index (Phi) is 5.82. The average molecular weight is 438 g/mol. The van der Waals surface area contributed by atoms with Crippen LogP contribution in [0.15, 0.2) is 69.6 Å². The van der Waals surface area contributed by atoms with Crippen molar-refractivity contribution < 1.29 is 9.90 Å². The molecular formula is C19H18Br2O2. The summed E-state index contributed by atoms with van der Waals surface area (Å²) in [6, 6.07) is 15.5. The Hall–Kier alpha value is -1.39. The lowest BCUT2D eigenvalue weighted by Gasteiger charge is -2.30. The Morgan fingerprint density at radius 1 is 0.957 bits per heavy atom. The molecule has 0 bridgehead atoms. The summed E-state index contributed by atoms with van der Waals surface area (Å²) in [6.45, 7) is 5.77. The van der Waals surface area contributed by atoms with Crippen molar-refractivity contribution in [3.63, 3.8) is 0 Å². The third-order valence-electron chi connectivity index (χ3n) is 4.06. The Morgan fingerprint density at radius 2 is 1.30 bits per heavy atom. The molecule has 1 N–H and O–H groups in total. The highest BCUT2D eigenvalue weighted by molar-refractivity contribution is 9.10. The number of carbonyl (C=O) groups is 1. The molecular weight excluding hydrogens is 420 g/mol. The first-order valence-corrected chi connectivity index (χ1v) is 8.80. The average Bonchev–Trinajstić information content (AvgIpc) is 2.50. The van der Waals surface area contributed by atoms with Gasteiger partial charge in [-0.2, -0.15) is 0 Å². The minimum atomic E-state index is -1.01. The molecule has 0 atom stereocenters. The van der Waals surface area contributed by atoms with E-state index in [1.54, 1.807) is 6.92 Å². The van der Waals surface area contributed by atoms with Gasteiger partial charge in [-0.15, -0.1) is 0 Å². The zero-order chi connectivity index (χ0) is 17.0. The van der Waals surface area contributed by atoms with Gasteiger partial charge >= 0.3 is 5.97 Å². The number of carboxylic acid groups (broad SMARTS) is 1. The smallest absolute Gasteiger partial charge is 0.314 e. The van der Waals surface area contributed by atoms with Crippen LogP contribution in [0.3, 0.4) is 0 Å². The molecule has 2 nitrogen and oxygen atoms in total. The van der Waals surface area contributed by atoms with Crippen LogP contribution in [0, 0.1) is 5.41 Å². The maximum atomic E-state index is 12.1. The molecule has 0 amide bonds. The summed E-state index contributed by atoms with van der Waals surface area (Å²) in [4.78, 5) is 12.1. The van der Waals surface area contributed by atoms with Gasteiger partial charge in [0.15, 0.2) is 0 Å². The van der Waals surface area contributed by atoms with Crippen molar-refractivity contribution in [2.45, 2.75) is 19.8 Å². The van der Waals surface area contributed by atoms with Crippen molar-refractivity contribution in [1.29, 1.82) is 0 Å². The fraction of sp³-hybridized carbons (Fsp3) is 0.211. The van der Waals surface area contributed by atoms with E-state index in [4.69, 9.17) is 0 Å². The van der Waals surface area contributed by atoms with Crippen molar-refractivity contribution in [1.82, 2.24) is 0 Å². The quantitative estimate of drug-likeness (QED) is 0.593. The van der Waals surface area contributed by atoms with Crippen LogP contribution in [0.2, 0.25) is 0 Å². The van der Waals surface area contributed by atoms with E-state index in [9.17, 15) is 9.90 Å². The topological polar surface area (TPSA) is 37.3 Å². The Bertz CT molecular complexity index is 640. The van der Waals surface area contributed by atoms with Gasteiger partial charge in [-0.3, -0.25) is 4.79 Å². The van der Waals surface area contributed by atoms with Gasteiger partial charge in [-0.25, -0.2) is 0 Å². The highest BCUT2D eigenvalue weighted by Crippen LogP contribution is 2.35. The van der Waals surface area contributed by atoms with Crippen LogP contribution in [0.1, 0.15) is 18.1 Å². The highest BCUT2D eigenvalue weighted by Gasteiger charge is 2.39. The summed E-state index contributed by atoms with van der Waals surface area (Å²) in [7, 11) is 0. The molecule has 0 spiro atoms. The molecule has 4 heteroatoms. The van der Waals surface area contributed by atoms with Crippen LogP contribution in [-0.2, 0) is 17.6 Å². The summed E-state index contributed by atoms with van der Waals surface area (Å²) in [5.41, 5.74) is 1.61. The maximum absolute atomic E-state index is 12.1. The largest absolute Gasteiger partial charge is 0.481 e. The second-order valence-electron chi connectivity index (χ2n) is 5.77. The molecule has 120 valence electrons. The predicted molar refractivity (Wildman–Crippen MR) is 101 cm³/mol. The fourth-order valence-electron chi connectivity index (χ4n) is 2.60. The van der Waals surface area contributed by atoms with Gasteiger partial charge in [-0.1, -0.05) is 68.3 Å². The third kappa shape index (κ3) is 4.33. The van der Waals surface area contributed by atoms with Gasteiger partial charge in [0.1, 0.15) is 0 Å². The third-order valence-corrected chi connectivity index (χ3v) is 5.12. The fourth-order valence-corrected chi connectivity index (χ4v) is 3.13. The molecule has 0 radical (unpaired) electrons. The predicted octanol–water partition coefficient (Wildman–Crippen LogP) is 5.64. The van der Waals surface area contributed by atoms with E-state index in [0.717, 1.165) is 20.1 Å². The SMILES string of the molecule is C=C(C)C(Cc1ccc(Br)cc1)(Cc1ccc(Br)cc1)C(=O)O. The van der Waals surface area contributed by atoms with Crippen LogP contribution < -0.4 is 0 Å². The minimum absolute atomic E-state index is 0.418. The lowest BCUT2D eigenvalue weighted by atomic mass is 9.72. The van der Waals surface area contributed by atoms with Crippen LogP contribution in [-0.4, -0.2) is 11.1 Å². The van der Waals surface area contributed by atoms with Gasteiger partial charge in [0.25, 0.3) is 0 Å². The van der Waals surface area contributed by atoms with E-state index >= 15 is 0 Å². The minimum Gasteiger partial charge on any atom is -0.481 e. The molecule has 2 aromatic rings. The molecule has 0 aliphatic rings. The normalized spacial score (nSPS) is 11.3. The van der Waals surface area contributed by atoms with Crippen LogP contribution >= 0.6 is 31.9 Å². The maximum Gasteiger partial charge on any atom is 0.314 e. The summed E-state index contributed by atoms with van der Waals surface area (Å²) >= 11 is 6.81. The van der Waals surface area contributed by atoms with E-state index < -0.39 is 11.4 Å². The monoisotopic (exact) mass is 436 g/mol. The molecule has 2 rings (SSSR count). The van der Waals surface area contributed by atoms with Gasteiger partial charge in [0.05, 0.1) is 5.41 Å². The first-order valence-electron chi connectivity index (χ1n) is 7.22. The molecule has 0 saturated heterocycles. The molecule has 23 heavy (non-hydrogen) atoms. The Balaban J connectivity index is 2.38. The molecule has 0 aliphatic heterocycles. The number of hydrogen-bond donors (Lipinski definition) is 1. The van der Waals surface area contributed by atoms with E-state index in [2.05, 4.69) is 38.4 Å². The van der Waals surface area contributed by atoms with Crippen molar-refractivity contribution in [3.05, 3.63) is 80.8 Å². The van der Waals surface area contributed by atoms with E-state index in [0.29, 0.717) is 18.4 Å². The highest BCUT2D eigenvalue weighted by atomic mass is 79.9. The standard InChI is InChI=1S/C19H18Br2O2/c1-13(2)19(18(22)23,11-14-3-7-16(20)8-4-14)12-15-5-9-17(21)10-6-15/h3-10H,1,11-12H2,2H3,(H,22,23). The summed E-state index contributed by atoms with van der Waals surface area (Å²) in [6.07, 6.45) is 0.835. The second-order valence-corrected chi connectivity index (χ2v) is 7.61. The van der Waals surface area contributed by atoms with Crippen LogP contribution in [0.4, 0.5) is 0 Å². The van der Waals surface area contributed by atoms with Crippen LogP contribution in [0.25, 0.3) is 0 Å². The molecule has 0 aromatic heterocycles. The molecule has 2 aromatic carbocycles. The zero-order valence-corrected chi connectivity index (χ0v) is 16.0. The Labute approximate surface area is 153 Å². The van der Waals surface area contributed by atoms with Gasteiger partial charge in [0.2, 0.25) is 0 Å². The molecule has 0 saturated carbocycles. The second kappa shape index (κ2) is 7.45. The van der Waals surface area contributed by atoms with Gasteiger partial charge in [0, 0.05) is 8.95 Å². The van der Waals surface area contributed by atoms with Crippen molar-refractivity contribution in [2.75, 3.05) is 0 Å². The van der Waals surface area contributed by atoms with Gasteiger partial charge < -0.3 is 5.11 Å². The summed E-state index contributed by atoms with van der Waals surface area (Å²) in [5, 5.41) is 9.95. The van der Waals surface area contributed by atoms with E-state index in [-0.39, 0.29) is 0 Å². The first kappa shape index (κ1) is 18.0. The van der Waals surface area contributed by atoms with Gasteiger partial charge in [-0.05, 0) is 55.2 Å². The number of halogens is 2. The molecule has 0 fully saturated rings. The first-order chi connectivity index (χ1) is 10.8. The number of rotatable bonds is 6. The number of aliphatic carboxylic acids is 1. The van der Waals surface area contributed by atoms with E-state index in [1.165, 1.54) is 0 Å². The van der Waals surface area contributed by atoms with Crippen LogP contribution in [0.5, 0.6) is 0 Å². The van der Waals surface area contributed by atoms with Crippen molar-refractivity contribution >= 4 is 37.8 Å². The Morgan fingerprint density at radius 3 is 1.57 bits per heavy atom. The summed E-state index contributed by atoms with van der Waals surface area (Å²) < 4.78 is 1.95. The van der Waals surface area contributed by atoms with Crippen molar-refractivity contribution in [2.24, 2.45) is 5.41 Å². The zero-order valence-electron chi connectivity index (χ0n) is 12.9. The van der Waals surface area contributed by atoms with E-state index in [1.807, 2.05) is 48.5 Å². The lowest BCUT2D eigenvalue weighted by Crippen LogP contribution is -2.36. The molecule has 0 heterocycles. The number of carboxylic acids is 1. The molecule has 0 unspecified atom stereocenters. The number of hydrogen-bond acceptors (Lipinski definition) is 1. The molecule has 0 aliphatic carbocycles.